The topological polar surface area (TPSA) is 352 Å². The van der Waals surface area contributed by atoms with Gasteiger partial charge in [-0.05, 0) is 128 Å². The van der Waals surface area contributed by atoms with Crippen molar-refractivity contribution in [2.75, 3.05) is 42.5 Å². The van der Waals surface area contributed by atoms with Gasteiger partial charge in [-0.2, -0.15) is 39.9 Å². The zero-order chi connectivity index (χ0) is 82.6. The van der Waals surface area contributed by atoms with E-state index in [2.05, 4.69) is 200 Å². The number of aliphatic hydroxyl groups is 4. The fraction of sp³-hybridized carbons (Fsp3) is 0.488. The molecule has 28 heteroatoms. The Labute approximate surface area is 672 Å². The number of nitrogens with one attached hydrogen (secondary N) is 8. The van der Waals surface area contributed by atoms with Gasteiger partial charge in [0.1, 0.15) is 0 Å². The maximum absolute atomic E-state index is 10.8. The average molecular weight is 1560 g/mol. The summed E-state index contributed by atoms with van der Waals surface area (Å²) < 4.78 is 8.13. The molecule has 8 aromatic heterocycles. The largest absolute Gasteiger partial charge is 0.391 e. The van der Waals surface area contributed by atoms with E-state index >= 15 is 0 Å². The van der Waals surface area contributed by atoms with Crippen LogP contribution in [-0.4, -0.2) is 147 Å². The number of nitrogens with zero attached hydrogens (tertiary/aromatic N) is 16. The smallest absolute Gasteiger partial charge is 0.227 e. The zero-order valence-corrected chi connectivity index (χ0v) is 70.4. The Hall–Kier alpha value is -10.7. The molecule has 4 aromatic carbocycles. The van der Waals surface area contributed by atoms with Crippen LogP contribution in [0, 0.1) is 10.8 Å². The van der Waals surface area contributed by atoms with E-state index in [9.17, 15) is 20.4 Å². The second-order valence-electron chi connectivity index (χ2n) is 32.4. The number of fused-ring (bicyclic) bond motifs is 4. The van der Waals surface area contributed by atoms with E-state index in [0.29, 0.717) is 73.2 Å². The van der Waals surface area contributed by atoms with Gasteiger partial charge in [0, 0.05) is 50.3 Å². The van der Waals surface area contributed by atoms with Gasteiger partial charge >= 0.3 is 0 Å². The molecular formula is C86H124N24O4. The third-order valence-electron chi connectivity index (χ3n) is 19.8. The van der Waals surface area contributed by atoms with Crippen molar-refractivity contribution in [1.82, 2.24) is 78.1 Å². The Morgan fingerprint density at radius 2 is 0.500 bits per heavy atom. The first-order chi connectivity index (χ1) is 54.4. The van der Waals surface area contributed by atoms with Gasteiger partial charge in [-0.3, -0.25) is 0 Å². The number of imidazole rings is 4. The molecule has 0 saturated carbocycles. The lowest BCUT2D eigenvalue weighted by atomic mass is 9.84. The fourth-order valence-electron chi connectivity index (χ4n) is 12.9. The predicted molar refractivity (Wildman–Crippen MR) is 463 cm³/mol. The Kier molecular flexibility index (Phi) is 30.9. The quantitative estimate of drug-likeness (QED) is 0.0186. The van der Waals surface area contributed by atoms with Gasteiger partial charge in [0.2, 0.25) is 23.8 Å². The summed E-state index contributed by atoms with van der Waals surface area (Å²) in [5.74, 6) is 4.72. The number of anilines is 8. The summed E-state index contributed by atoms with van der Waals surface area (Å²) in [6.45, 7) is 43.3. The standard InChI is InChI=1S/2C23H34N6O.2C20H28N6O/c2*1-7-17(19(30)23(4,5)6)26-22-27-20(24-13-16-11-9-8-10-12-16)18-21(28-22)29(14-25-18)15(2)3;2*1-5-16(14(4)27)23-20-24-18(21-11-15-9-7-6-8-10-15)17-19(25-20)26(12-22-17)13(2)3/h2*8-12,14-15,17,19,30H,7,13H2,1-6H3,(H2,24,26,27,28);2*6-10,12-14,16,27H,5,11H2,1-4H3,(H2,21,23,24,25)/t2*17-,19?;2*14-,16+/m1010/s1. The fourth-order valence-corrected chi connectivity index (χ4v) is 12.9. The second kappa shape index (κ2) is 40.4. The van der Waals surface area contributed by atoms with Crippen LogP contribution in [0.3, 0.4) is 0 Å². The van der Waals surface area contributed by atoms with Gasteiger partial charge in [-0.25, -0.2) is 19.9 Å². The first-order valence-corrected chi connectivity index (χ1v) is 40.3. The van der Waals surface area contributed by atoms with Gasteiger partial charge in [-0.15, -0.1) is 0 Å². The van der Waals surface area contributed by atoms with Crippen LogP contribution in [0.2, 0.25) is 0 Å². The van der Waals surface area contributed by atoms with Crippen molar-refractivity contribution in [2.45, 2.75) is 263 Å². The van der Waals surface area contributed by atoms with Gasteiger partial charge in [0.05, 0.1) is 73.9 Å². The van der Waals surface area contributed by atoms with Gasteiger partial charge in [-0.1, -0.05) is 191 Å². The van der Waals surface area contributed by atoms with Crippen LogP contribution in [0.5, 0.6) is 0 Å². The third kappa shape index (κ3) is 23.3. The van der Waals surface area contributed by atoms with Crippen molar-refractivity contribution in [3.63, 3.8) is 0 Å². The first-order valence-electron chi connectivity index (χ1n) is 40.3. The van der Waals surface area contributed by atoms with E-state index in [1.807, 2.05) is 159 Å². The van der Waals surface area contributed by atoms with Gasteiger partial charge in [0.25, 0.3) is 0 Å². The van der Waals surface area contributed by atoms with Crippen LogP contribution in [0.1, 0.15) is 211 Å². The van der Waals surface area contributed by atoms with E-state index in [-0.39, 0.29) is 59.2 Å². The van der Waals surface area contributed by atoms with Crippen molar-refractivity contribution in [2.24, 2.45) is 10.8 Å². The van der Waals surface area contributed by atoms with Crippen molar-refractivity contribution in [3.05, 3.63) is 169 Å². The van der Waals surface area contributed by atoms with Crippen LogP contribution in [0.25, 0.3) is 44.7 Å². The molecule has 28 nitrogen and oxygen atoms in total. The number of hydrogen-bond acceptors (Lipinski definition) is 24. The molecule has 8 heterocycles. The lowest BCUT2D eigenvalue weighted by Gasteiger charge is -2.33. The number of benzene rings is 4. The van der Waals surface area contributed by atoms with Crippen LogP contribution >= 0.6 is 0 Å². The molecule has 0 aliphatic heterocycles. The minimum absolute atomic E-state index is 0.111. The van der Waals surface area contributed by atoms with E-state index in [1.54, 1.807) is 26.5 Å². The van der Waals surface area contributed by atoms with Gasteiger partial charge < -0.3 is 81.2 Å². The van der Waals surface area contributed by atoms with Crippen LogP contribution in [-0.2, 0) is 26.2 Å². The Morgan fingerprint density at radius 1 is 0.298 bits per heavy atom. The SMILES string of the molecule is CC[C@@H](Nc1nc(NCc2ccccc2)c2ncn(C(C)C)c2n1)C(O)C(C)(C)C.CC[C@@H](Nc1nc(NCc2ccccc2)c2ncn(C(C)C)c2n1)[C@H](C)O.CC[C@H](Nc1nc(NCc2ccccc2)c2ncn(C(C)C)c2n1)C(O)C(C)(C)C.CC[C@H](Nc1nc(NCc2ccccc2)c2ncn(C(C)C)c2n1)[C@@H](C)O. The second-order valence-corrected chi connectivity index (χ2v) is 32.4. The maximum Gasteiger partial charge on any atom is 0.227 e. The van der Waals surface area contributed by atoms with Gasteiger partial charge in [0.15, 0.2) is 67.9 Å². The number of aromatic nitrogens is 16. The molecule has 114 heavy (non-hydrogen) atoms. The van der Waals surface area contributed by atoms with Crippen LogP contribution in [0.15, 0.2) is 147 Å². The Bertz CT molecular complexity index is 4590. The summed E-state index contributed by atoms with van der Waals surface area (Å²) in [7, 11) is 0. The third-order valence-corrected chi connectivity index (χ3v) is 19.8. The van der Waals surface area contributed by atoms with Crippen LogP contribution < -0.4 is 42.5 Å². The zero-order valence-electron chi connectivity index (χ0n) is 70.4. The van der Waals surface area contributed by atoms with Crippen molar-refractivity contribution in [3.8, 4) is 0 Å². The highest BCUT2D eigenvalue weighted by molar-refractivity contribution is 5.87. The molecule has 0 radical (unpaired) electrons. The highest BCUT2D eigenvalue weighted by atomic mass is 16.3. The van der Waals surface area contributed by atoms with E-state index in [1.165, 1.54) is 0 Å². The summed E-state index contributed by atoms with van der Waals surface area (Å²) in [5, 5.41) is 68.4. The average Bonchev–Trinajstić information content (AvgIpc) is 1.63. The number of aliphatic hydroxyl groups excluding tert-OH is 4. The highest BCUT2D eigenvalue weighted by Gasteiger charge is 2.33. The van der Waals surface area contributed by atoms with Crippen molar-refractivity contribution < 1.29 is 20.4 Å². The molecule has 12 aromatic rings. The molecule has 8 atom stereocenters. The minimum atomic E-state index is -0.530. The lowest BCUT2D eigenvalue weighted by molar-refractivity contribution is 0.0450. The number of rotatable bonds is 32. The minimum Gasteiger partial charge on any atom is -0.391 e. The Morgan fingerprint density at radius 3 is 0.675 bits per heavy atom. The summed E-state index contributed by atoms with van der Waals surface area (Å²) in [6.07, 6.45) is 8.23. The predicted octanol–water partition coefficient (Wildman–Crippen LogP) is 16.4. The number of hydrogen-bond donors (Lipinski definition) is 12. The molecule has 0 amide bonds. The molecule has 12 rings (SSSR count). The van der Waals surface area contributed by atoms with Crippen molar-refractivity contribution in [1.29, 1.82) is 0 Å². The molecule has 0 aliphatic carbocycles. The highest BCUT2D eigenvalue weighted by Crippen LogP contribution is 2.32. The molecule has 0 saturated heterocycles. The van der Waals surface area contributed by atoms with E-state index in [4.69, 9.17) is 19.9 Å². The Balaban J connectivity index is 0.000000174. The summed E-state index contributed by atoms with van der Waals surface area (Å²) >= 11 is 0. The first kappa shape index (κ1) is 87.3. The normalized spacial score (nSPS) is 13.9. The maximum atomic E-state index is 10.8. The molecule has 612 valence electrons. The van der Waals surface area contributed by atoms with Crippen LogP contribution in [0.4, 0.5) is 47.1 Å². The van der Waals surface area contributed by atoms with Crippen molar-refractivity contribution >= 4 is 91.7 Å². The lowest BCUT2D eigenvalue weighted by Crippen LogP contribution is -2.42. The molecule has 0 aliphatic rings. The molecule has 0 bridgehead atoms. The summed E-state index contributed by atoms with van der Waals surface area (Å²) in [4.78, 5) is 55.7. The summed E-state index contributed by atoms with van der Waals surface area (Å²) in [5.41, 5.74) is 10.3. The van der Waals surface area contributed by atoms with E-state index in [0.717, 1.165) is 92.6 Å². The molecule has 0 spiro atoms. The molecular weight excluding hydrogens is 1430 g/mol. The molecule has 0 fully saturated rings. The molecule has 2 unspecified atom stereocenters. The summed E-state index contributed by atoms with van der Waals surface area (Å²) in [6, 6.07) is 41.1. The molecule has 12 N–H and O–H groups in total. The monoisotopic (exact) mass is 1560 g/mol. The van der Waals surface area contributed by atoms with E-state index < -0.39 is 24.4 Å².